The van der Waals surface area contributed by atoms with Crippen molar-refractivity contribution in [3.8, 4) is 17.6 Å². The van der Waals surface area contributed by atoms with E-state index in [1.807, 2.05) is 36.4 Å². The van der Waals surface area contributed by atoms with Gasteiger partial charge < -0.3 is 5.11 Å². The topological polar surface area (TPSA) is 37.3 Å². The first-order valence-electron chi connectivity index (χ1n) is 7.45. The van der Waals surface area contributed by atoms with Crippen LogP contribution in [-0.2, 0) is 5.41 Å². The van der Waals surface area contributed by atoms with Crippen molar-refractivity contribution in [1.82, 2.24) is 0 Å². The zero-order valence-electron chi connectivity index (χ0n) is 12.8. The van der Waals surface area contributed by atoms with Crippen LogP contribution in [0.2, 0.25) is 0 Å². The van der Waals surface area contributed by atoms with Gasteiger partial charge in [0.05, 0.1) is 5.56 Å². The van der Waals surface area contributed by atoms with Crippen LogP contribution in [0.15, 0.2) is 42.5 Å². The predicted molar refractivity (Wildman–Crippen MR) is 87.1 cm³/mol. The fraction of sp³-hybridized carbons (Fsp3) is 0.250. The highest BCUT2D eigenvalue weighted by atomic mass is 16.3. The van der Waals surface area contributed by atoms with Crippen molar-refractivity contribution >= 4 is 5.78 Å². The molecule has 1 aliphatic carbocycles. The quantitative estimate of drug-likeness (QED) is 0.743. The molecule has 0 spiro atoms. The van der Waals surface area contributed by atoms with Crippen LogP contribution in [-0.4, -0.2) is 10.9 Å². The number of carbonyl (C=O) groups excluding carboxylic acids is 1. The summed E-state index contributed by atoms with van der Waals surface area (Å²) >= 11 is 0. The number of aromatic hydroxyl groups is 1. The molecule has 2 nitrogen and oxygen atoms in total. The summed E-state index contributed by atoms with van der Waals surface area (Å²) in [7, 11) is 0. The van der Waals surface area contributed by atoms with E-state index < -0.39 is 0 Å². The minimum Gasteiger partial charge on any atom is -0.507 e. The van der Waals surface area contributed by atoms with Crippen LogP contribution in [0.25, 0.3) is 0 Å². The molecule has 0 atom stereocenters. The Morgan fingerprint density at radius 2 is 1.73 bits per heavy atom. The Balaban J connectivity index is 2.08. The molecule has 1 aliphatic rings. The number of hydrogen-bond donors (Lipinski definition) is 1. The molecule has 0 radical (unpaired) electrons. The van der Waals surface area contributed by atoms with Crippen LogP contribution < -0.4 is 0 Å². The van der Waals surface area contributed by atoms with Gasteiger partial charge in [-0.15, -0.1) is 0 Å². The maximum absolute atomic E-state index is 12.1. The molecule has 1 N–H and O–H groups in total. The average Bonchev–Trinajstić information content (AvgIpc) is 2.50. The van der Waals surface area contributed by atoms with Crippen molar-refractivity contribution in [2.24, 2.45) is 0 Å². The molecule has 0 saturated heterocycles. The Morgan fingerprint density at radius 1 is 1.05 bits per heavy atom. The molecule has 3 rings (SSSR count). The first-order valence-corrected chi connectivity index (χ1v) is 7.45. The lowest BCUT2D eigenvalue weighted by Gasteiger charge is -2.32. The monoisotopic (exact) mass is 290 g/mol. The zero-order valence-corrected chi connectivity index (χ0v) is 12.8. The number of ketones is 1. The highest BCUT2D eigenvalue weighted by Gasteiger charge is 2.33. The van der Waals surface area contributed by atoms with Gasteiger partial charge in [0.1, 0.15) is 5.75 Å². The molecule has 0 bridgehead atoms. The van der Waals surface area contributed by atoms with Gasteiger partial charge in [-0.3, -0.25) is 4.79 Å². The van der Waals surface area contributed by atoms with E-state index in [1.54, 1.807) is 6.07 Å². The summed E-state index contributed by atoms with van der Waals surface area (Å²) in [6.45, 7) is 4.21. The van der Waals surface area contributed by atoms with E-state index in [4.69, 9.17) is 0 Å². The molecular formula is C20H18O2. The third kappa shape index (κ3) is 2.63. The number of benzene rings is 2. The predicted octanol–water partition coefficient (Wildman–Crippen LogP) is 4.05. The standard InChI is InChI=1S/C20H18O2/c1-20(2)11-10-17(21)19-16(20)12-15(13-18(19)22)9-8-14-6-4-3-5-7-14/h3-7,12-13,22H,10-11H2,1-2H3. The number of Topliss-reactive ketones (excluding diaryl/α,β-unsaturated/α-hetero) is 1. The van der Waals surface area contributed by atoms with Gasteiger partial charge in [0.25, 0.3) is 0 Å². The first kappa shape index (κ1) is 14.4. The Hall–Kier alpha value is -2.53. The summed E-state index contributed by atoms with van der Waals surface area (Å²) in [5.41, 5.74) is 2.92. The van der Waals surface area contributed by atoms with Crippen molar-refractivity contribution in [1.29, 1.82) is 0 Å². The molecule has 0 aliphatic heterocycles. The molecule has 0 amide bonds. The van der Waals surface area contributed by atoms with E-state index in [1.165, 1.54) is 0 Å². The van der Waals surface area contributed by atoms with E-state index in [9.17, 15) is 9.90 Å². The lowest BCUT2D eigenvalue weighted by molar-refractivity contribution is 0.0953. The largest absolute Gasteiger partial charge is 0.507 e. The van der Waals surface area contributed by atoms with Crippen LogP contribution in [0.4, 0.5) is 0 Å². The van der Waals surface area contributed by atoms with E-state index in [0.717, 1.165) is 23.1 Å². The smallest absolute Gasteiger partial charge is 0.166 e. The average molecular weight is 290 g/mol. The molecule has 2 aromatic rings. The van der Waals surface area contributed by atoms with Crippen molar-refractivity contribution in [2.45, 2.75) is 32.1 Å². The minimum absolute atomic E-state index is 0.0226. The summed E-state index contributed by atoms with van der Waals surface area (Å²) in [6, 6.07) is 13.3. The normalized spacial score (nSPS) is 15.6. The Morgan fingerprint density at radius 3 is 2.45 bits per heavy atom. The van der Waals surface area contributed by atoms with E-state index in [0.29, 0.717) is 12.0 Å². The molecule has 110 valence electrons. The zero-order chi connectivity index (χ0) is 15.7. The van der Waals surface area contributed by atoms with Crippen molar-refractivity contribution in [2.75, 3.05) is 0 Å². The Kier molecular flexibility index (Phi) is 3.50. The molecular weight excluding hydrogens is 272 g/mol. The van der Waals surface area contributed by atoms with Gasteiger partial charge in [0.2, 0.25) is 0 Å². The highest BCUT2D eigenvalue weighted by Crippen LogP contribution is 2.40. The van der Waals surface area contributed by atoms with Gasteiger partial charge in [0.15, 0.2) is 5.78 Å². The molecule has 0 aromatic heterocycles. The van der Waals surface area contributed by atoms with E-state index in [2.05, 4.69) is 25.7 Å². The van der Waals surface area contributed by atoms with E-state index in [-0.39, 0.29) is 16.9 Å². The minimum atomic E-state index is -0.120. The third-order valence-electron chi connectivity index (χ3n) is 4.23. The Labute approximate surface area is 130 Å². The van der Waals surface area contributed by atoms with Crippen molar-refractivity contribution in [3.05, 3.63) is 64.7 Å². The Bertz CT molecular complexity index is 790. The molecule has 0 heterocycles. The van der Waals surface area contributed by atoms with Gasteiger partial charge in [-0.05, 0) is 41.7 Å². The second-order valence-electron chi connectivity index (χ2n) is 6.34. The molecule has 0 unspecified atom stereocenters. The van der Waals surface area contributed by atoms with Gasteiger partial charge in [-0.2, -0.15) is 0 Å². The summed E-state index contributed by atoms with van der Waals surface area (Å²) < 4.78 is 0. The van der Waals surface area contributed by atoms with Crippen LogP contribution >= 0.6 is 0 Å². The van der Waals surface area contributed by atoms with Crippen molar-refractivity contribution < 1.29 is 9.90 Å². The van der Waals surface area contributed by atoms with Gasteiger partial charge in [-0.25, -0.2) is 0 Å². The summed E-state index contributed by atoms with van der Waals surface area (Å²) in [6.07, 6.45) is 1.29. The molecule has 22 heavy (non-hydrogen) atoms. The second-order valence-corrected chi connectivity index (χ2v) is 6.34. The summed E-state index contributed by atoms with van der Waals surface area (Å²) in [5, 5.41) is 10.2. The van der Waals surface area contributed by atoms with Gasteiger partial charge in [0, 0.05) is 17.5 Å². The maximum atomic E-state index is 12.1. The first-order chi connectivity index (χ1) is 10.5. The van der Waals surface area contributed by atoms with Crippen LogP contribution in [0.3, 0.4) is 0 Å². The summed E-state index contributed by atoms with van der Waals surface area (Å²) in [5.74, 6) is 6.24. The van der Waals surface area contributed by atoms with Crippen LogP contribution in [0.5, 0.6) is 5.75 Å². The highest BCUT2D eigenvalue weighted by molar-refractivity contribution is 6.01. The number of hydrogen-bond acceptors (Lipinski definition) is 2. The molecule has 0 saturated carbocycles. The number of phenolic OH excluding ortho intramolecular Hbond substituents is 1. The maximum Gasteiger partial charge on any atom is 0.166 e. The number of carbonyl (C=O) groups is 1. The SMILES string of the molecule is CC1(C)CCC(=O)c2c(O)cc(C#Cc3ccccc3)cc21. The number of phenols is 1. The molecule has 0 fully saturated rings. The van der Waals surface area contributed by atoms with Crippen LogP contribution in [0.1, 0.15) is 53.7 Å². The van der Waals surface area contributed by atoms with Crippen LogP contribution in [0, 0.1) is 11.8 Å². The molecule has 2 heteroatoms. The second kappa shape index (κ2) is 5.35. The summed E-state index contributed by atoms with van der Waals surface area (Å²) in [4.78, 5) is 12.1. The fourth-order valence-electron chi connectivity index (χ4n) is 2.88. The van der Waals surface area contributed by atoms with E-state index >= 15 is 0 Å². The lowest BCUT2D eigenvalue weighted by atomic mass is 9.71. The van der Waals surface area contributed by atoms with Crippen molar-refractivity contribution in [3.63, 3.8) is 0 Å². The van der Waals surface area contributed by atoms with Gasteiger partial charge in [-0.1, -0.05) is 43.9 Å². The van der Waals surface area contributed by atoms with Gasteiger partial charge >= 0.3 is 0 Å². The number of fused-ring (bicyclic) bond motifs is 1. The lowest BCUT2D eigenvalue weighted by Crippen LogP contribution is -2.27. The molecule has 2 aromatic carbocycles. The third-order valence-corrected chi connectivity index (χ3v) is 4.23. The number of rotatable bonds is 0. The fourth-order valence-corrected chi connectivity index (χ4v) is 2.88.